The van der Waals surface area contributed by atoms with Gasteiger partial charge in [0.15, 0.2) is 0 Å². The number of piperidine rings is 1. The summed E-state index contributed by atoms with van der Waals surface area (Å²) in [4.78, 5) is 35.7. The van der Waals surface area contributed by atoms with Crippen molar-refractivity contribution in [3.63, 3.8) is 0 Å². The molecule has 1 aromatic rings. The van der Waals surface area contributed by atoms with Gasteiger partial charge in [0.2, 0.25) is 11.8 Å². The minimum Gasteiger partial charge on any atom is -0.298 e. The molecule has 1 atom stereocenters. The fourth-order valence-corrected chi connectivity index (χ4v) is 2.72. The third-order valence-electron chi connectivity index (χ3n) is 3.47. The summed E-state index contributed by atoms with van der Waals surface area (Å²) in [6.45, 7) is 0.305. The molecule has 1 fully saturated rings. The van der Waals surface area contributed by atoms with Crippen LogP contribution in [0, 0.1) is 5.82 Å². The summed E-state index contributed by atoms with van der Waals surface area (Å²) in [5.41, 5.74) is 0.861. The molecule has 2 amide bonds. The van der Waals surface area contributed by atoms with Crippen LogP contribution in [0.15, 0.2) is 16.6 Å². The molecule has 2 rings (SSSR count). The van der Waals surface area contributed by atoms with E-state index in [0.29, 0.717) is 24.8 Å². The van der Waals surface area contributed by atoms with Crippen LogP contribution in [0.2, 0.25) is 0 Å². The summed E-state index contributed by atoms with van der Waals surface area (Å²) in [7, 11) is 1.73. The minimum absolute atomic E-state index is 0.245. The number of hydrogen-bond acceptors (Lipinski definition) is 4. The first-order chi connectivity index (χ1) is 9.92. The Hall–Kier alpha value is -1.60. The SMILES string of the molecule is CN(Cc1cc(Br)c(F)cc1C=O)C1CCC(=O)NC1=O. The molecule has 0 aliphatic carbocycles. The fraction of sp³-hybridized carbons (Fsp3) is 0.357. The van der Waals surface area contributed by atoms with Gasteiger partial charge in [-0.2, -0.15) is 0 Å². The van der Waals surface area contributed by atoms with Crippen LogP contribution in [0.1, 0.15) is 28.8 Å². The average Bonchev–Trinajstić information content (AvgIpc) is 2.42. The summed E-state index contributed by atoms with van der Waals surface area (Å²) in [6.07, 6.45) is 1.30. The maximum absolute atomic E-state index is 13.4. The Bertz CT molecular complexity index is 606. The van der Waals surface area contributed by atoms with E-state index in [1.54, 1.807) is 11.9 Å². The topological polar surface area (TPSA) is 66.5 Å². The highest BCUT2D eigenvalue weighted by molar-refractivity contribution is 9.10. The number of nitrogens with zero attached hydrogens (tertiary/aromatic N) is 1. The van der Waals surface area contributed by atoms with E-state index in [9.17, 15) is 18.8 Å². The number of carbonyl (C=O) groups is 3. The van der Waals surface area contributed by atoms with Gasteiger partial charge in [0, 0.05) is 18.5 Å². The van der Waals surface area contributed by atoms with E-state index in [1.807, 2.05) is 0 Å². The van der Waals surface area contributed by atoms with Crippen LogP contribution < -0.4 is 5.32 Å². The number of hydrogen-bond donors (Lipinski definition) is 1. The molecule has 1 aromatic carbocycles. The van der Waals surface area contributed by atoms with Crippen molar-refractivity contribution in [3.05, 3.63) is 33.5 Å². The number of carbonyl (C=O) groups excluding carboxylic acids is 3. The van der Waals surface area contributed by atoms with Crippen molar-refractivity contribution in [2.75, 3.05) is 7.05 Å². The molecule has 1 saturated heterocycles. The zero-order valence-electron chi connectivity index (χ0n) is 11.4. The smallest absolute Gasteiger partial charge is 0.243 e. The largest absolute Gasteiger partial charge is 0.298 e. The van der Waals surface area contributed by atoms with Crippen molar-refractivity contribution in [3.8, 4) is 0 Å². The van der Waals surface area contributed by atoms with Gasteiger partial charge in [0.05, 0.1) is 10.5 Å². The first-order valence-electron chi connectivity index (χ1n) is 6.39. The first kappa shape index (κ1) is 15.8. The van der Waals surface area contributed by atoms with Gasteiger partial charge in [-0.3, -0.25) is 24.6 Å². The highest BCUT2D eigenvalue weighted by Gasteiger charge is 2.30. The summed E-state index contributed by atoms with van der Waals surface area (Å²) >= 11 is 3.08. The summed E-state index contributed by atoms with van der Waals surface area (Å²) in [6, 6.07) is 2.25. The maximum atomic E-state index is 13.4. The van der Waals surface area contributed by atoms with E-state index < -0.39 is 11.9 Å². The number of nitrogens with one attached hydrogen (secondary N) is 1. The van der Waals surface area contributed by atoms with Crippen LogP contribution in [0.3, 0.4) is 0 Å². The summed E-state index contributed by atoms with van der Waals surface area (Å²) in [5.74, 6) is -1.13. The van der Waals surface area contributed by atoms with Gasteiger partial charge in [-0.1, -0.05) is 0 Å². The lowest BCUT2D eigenvalue weighted by molar-refractivity contribution is -0.137. The second kappa shape index (κ2) is 6.44. The Balaban J connectivity index is 2.17. The van der Waals surface area contributed by atoms with Crippen molar-refractivity contribution in [1.82, 2.24) is 10.2 Å². The molecular formula is C14H14BrFN2O3. The number of imide groups is 1. The molecule has 112 valence electrons. The number of amides is 2. The molecule has 1 aliphatic rings. The summed E-state index contributed by atoms with van der Waals surface area (Å²) < 4.78 is 13.7. The number of halogens is 2. The van der Waals surface area contributed by atoms with Crippen LogP contribution in [-0.2, 0) is 16.1 Å². The van der Waals surface area contributed by atoms with Gasteiger partial charge >= 0.3 is 0 Å². The number of rotatable bonds is 4. The van der Waals surface area contributed by atoms with Crippen molar-refractivity contribution in [2.24, 2.45) is 0 Å². The van der Waals surface area contributed by atoms with E-state index in [0.717, 1.165) is 6.07 Å². The average molecular weight is 357 g/mol. The van der Waals surface area contributed by atoms with Gasteiger partial charge in [-0.05, 0) is 47.1 Å². The second-order valence-corrected chi connectivity index (χ2v) is 5.82. The van der Waals surface area contributed by atoms with Gasteiger partial charge in [0.1, 0.15) is 12.1 Å². The molecule has 1 unspecified atom stereocenters. The number of likely N-dealkylation sites (N-methyl/N-ethyl adjacent to an activating group) is 1. The van der Waals surface area contributed by atoms with E-state index >= 15 is 0 Å². The van der Waals surface area contributed by atoms with E-state index in [4.69, 9.17) is 0 Å². The Morgan fingerprint density at radius 3 is 2.81 bits per heavy atom. The van der Waals surface area contributed by atoms with Crippen molar-refractivity contribution in [2.45, 2.75) is 25.4 Å². The van der Waals surface area contributed by atoms with Crippen molar-refractivity contribution >= 4 is 34.0 Å². The summed E-state index contributed by atoms with van der Waals surface area (Å²) in [5, 5.41) is 2.29. The van der Waals surface area contributed by atoms with Crippen LogP contribution in [0.4, 0.5) is 4.39 Å². The van der Waals surface area contributed by atoms with E-state index in [-0.39, 0.29) is 28.3 Å². The van der Waals surface area contributed by atoms with Crippen LogP contribution in [0.5, 0.6) is 0 Å². The highest BCUT2D eigenvalue weighted by atomic mass is 79.9. The minimum atomic E-state index is -0.510. The van der Waals surface area contributed by atoms with Gasteiger partial charge in [-0.15, -0.1) is 0 Å². The molecule has 1 aliphatic heterocycles. The van der Waals surface area contributed by atoms with Crippen LogP contribution in [0.25, 0.3) is 0 Å². The third-order valence-corrected chi connectivity index (χ3v) is 4.08. The predicted octanol–water partition coefficient (Wildman–Crippen LogP) is 1.64. The predicted molar refractivity (Wildman–Crippen MR) is 77.1 cm³/mol. The second-order valence-electron chi connectivity index (χ2n) is 4.96. The molecule has 1 N–H and O–H groups in total. The molecule has 7 heteroatoms. The highest BCUT2D eigenvalue weighted by Crippen LogP contribution is 2.22. The Morgan fingerprint density at radius 1 is 1.48 bits per heavy atom. The molecule has 0 spiro atoms. The monoisotopic (exact) mass is 356 g/mol. The molecule has 0 bridgehead atoms. The first-order valence-corrected chi connectivity index (χ1v) is 7.18. The van der Waals surface area contributed by atoms with E-state index in [1.165, 1.54) is 6.07 Å². The van der Waals surface area contributed by atoms with Crippen LogP contribution in [-0.4, -0.2) is 36.1 Å². The lowest BCUT2D eigenvalue weighted by atomic mass is 10.0. The zero-order chi connectivity index (χ0) is 15.6. The molecule has 0 aromatic heterocycles. The Kier molecular flexibility index (Phi) is 4.84. The Morgan fingerprint density at radius 2 is 2.19 bits per heavy atom. The maximum Gasteiger partial charge on any atom is 0.243 e. The number of benzene rings is 1. The normalized spacial score (nSPS) is 18.8. The quantitative estimate of drug-likeness (QED) is 0.657. The third kappa shape index (κ3) is 3.54. The molecule has 5 nitrogen and oxygen atoms in total. The molecule has 0 radical (unpaired) electrons. The lowest BCUT2D eigenvalue weighted by Crippen LogP contribution is -2.51. The van der Waals surface area contributed by atoms with Gasteiger partial charge in [0.25, 0.3) is 0 Å². The zero-order valence-corrected chi connectivity index (χ0v) is 12.9. The van der Waals surface area contributed by atoms with Crippen molar-refractivity contribution < 1.29 is 18.8 Å². The Labute approximate surface area is 129 Å². The molecule has 21 heavy (non-hydrogen) atoms. The lowest BCUT2D eigenvalue weighted by Gasteiger charge is -2.30. The number of aldehydes is 1. The standard InChI is InChI=1S/C14H14BrFN2O3/c1-18(12-2-3-13(20)17-14(12)21)6-8-4-10(15)11(16)5-9(8)7-19/h4-5,7,12H,2-3,6H2,1H3,(H,17,20,21). The fourth-order valence-electron chi connectivity index (χ4n) is 2.33. The van der Waals surface area contributed by atoms with Crippen molar-refractivity contribution in [1.29, 1.82) is 0 Å². The molecule has 1 heterocycles. The van der Waals surface area contributed by atoms with Gasteiger partial charge < -0.3 is 0 Å². The molecule has 0 saturated carbocycles. The molecular weight excluding hydrogens is 343 g/mol. The van der Waals surface area contributed by atoms with Gasteiger partial charge in [-0.25, -0.2) is 4.39 Å². The van der Waals surface area contributed by atoms with E-state index in [2.05, 4.69) is 21.2 Å². The van der Waals surface area contributed by atoms with Crippen LogP contribution >= 0.6 is 15.9 Å².